The molecule has 0 aliphatic heterocycles. The Kier molecular flexibility index (Phi) is 3.72. The molecule has 2 rings (SSSR count). The maximum absolute atomic E-state index is 12.0. The maximum Gasteiger partial charge on any atom is 0.255 e. The van der Waals surface area contributed by atoms with Crippen LogP contribution in [-0.2, 0) is 0 Å². The van der Waals surface area contributed by atoms with Gasteiger partial charge in [-0.05, 0) is 30.9 Å². The van der Waals surface area contributed by atoms with E-state index in [1.165, 1.54) is 7.11 Å². The van der Waals surface area contributed by atoms with Crippen LogP contribution in [0.15, 0.2) is 18.2 Å². The van der Waals surface area contributed by atoms with Gasteiger partial charge in [-0.2, -0.15) is 0 Å². The Morgan fingerprint density at radius 3 is 2.89 bits per heavy atom. The zero-order valence-electron chi connectivity index (χ0n) is 10.3. The number of hydrogen-bond donors (Lipinski definition) is 3. The van der Waals surface area contributed by atoms with Gasteiger partial charge in [0.05, 0.1) is 18.8 Å². The van der Waals surface area contributed by atoms with Gasteiger partial charge in [0.15, 0.2) is 0 Å². The summed E-state index contributed by atoms with van der Waals surface area (Å²) in [5.74, 6) is 0.679. The van der Waals surface area contributed by atoms with Gasteiger partial charge in [0.25, 0.3) is 5.91 Å². The number of anilines is 1. The Balaban J connectivity index is 1.95. The van der Waals surface area contributed by atoms with Crippen LogP contribution in [0.1, 0.15) is 23.2 Å². The zero-order valence-corrected chi connectivity index (χ0v) is 10.3. The van der Waals surface area contributed by atoms with Gasteiger partial charge in [-0.1, -0.05) is 0 Å². The lowest BCUT2D eigenvalue weighted by atomic mass is 9.82. The molecule has 0 radical (unpaired) electrons. The SMILES string of the molecule is COc1cc(N)ccc1C(=O)NCC1CC(O)C1. The van der Waals surface area contributed by atoms with E-state index in [-0.39, 0.29) is 12.0 Å². The summed E-state index contributed by atoms with van der Waals surface area (Å²) in [6.07, 6.45) is 1.33. The second-order valence-corrected chi connectivity index (χ2v) is 4.66. The Morgan fingerprint density at radius 2 is 2.28 bits per heavy atom. The van der Waals surface area contributed by atoms with Gasteiger partial charge in [0.1, 0.15) is 5.75 Å². The van der Waals surface area contributed by atoms with Gasteiger partial charge in [-0.25, -0.2) is 0 Å². The molecule has 18 heavy (non-hydrogen) atoms. The Bertz CT molecular complexity index is 442. The van der Waals surface area contributed by atoms with Crippen molar-refractivity contribution in [3.8, 4) is 5.75 Å². The number of nitrogen functional groups attached to an aromatic ring is 1. The molecule has 1 aliphatic rings. The van der Waals surface area contributed by atoms with Crippen LogP contribution in [0.2, 0.25) is 0 Å². The summed E-state index contributed by atoms with van der Waals surface area (Å²) >= 11 is 0. The van der Waals surface area contributed by atoms with E-state index in [4.69, 9.17) is 15.6 Å². The molecular formula is C13H18N2O3. The number of ether oxygens (including phenoxy) is 1. The van der Waals surface area contributed by atoms with Crippen molar-refractivity contribution in [3.63, 3.8) is 0 Å². The van der Waals surface area contributed by atoms with Crippen molar-refractivity contribution in [3.05, 3.63) is 23.8 Å². The minimum absolute atomic E-state index is 0.173. The van der Waals surface area contributed by atoms with E-state index in [2.05, 4.69) is 5.32 Å². The van der Waals surface area contributed by atoms with E-state index in [1.54, 1.807) is 18.2 Å². The molecule has 0 atom stereocenters. The molecule has 0 unspecified atom stereocenters. The third-order valence-corrected chi connectivity index (χ3v) is 3.23. The molecule has 1 saturated carbocycles. The number of hydrogen-bond acceptors (Lipinski definition) is 4. The maximum atomic E-state index is 12.0. The summed E-state index contributed by atoms with van der Waals surface area (Å²) in [4.78, 5) is 12.0. The Labute approximate surface area is 106 Å². The van der Waals surface area contributed by atoms with E-state index in [0.29, 0.717) is 29.5 Å². The highest BCUT2D eigenvalue weighted by atomic mass is 16.5. The monoisotopic (exact) mass is 250 g/mol. The molecule has 4 N–H and O–H groups in total. The highest BCUT2D eigenvalue weighted by Gasteiger charge is 2.27. The minimum atomic E-state index is -0.196. The van der Waals surface area contributed by atoms with Crippen LogP contribution < -0.4 is 15.8 Å². The summed E-state index contributed by atoms with van der Waals surface area (Å²) < 4.78 is 5.13. The zero-order chi connectivity index (χ0) is 13.1. The standard InChI is InChI=1S/C13H18N2O3/c1-18-12-6-9(14)2-3-11(12)13(17)15-7-8-4-10(16)5-8/h2-3,6,8,10,16H,4-5,7,14H2,1H3,(H,15,17). The number of carbonyl (C=O) groups excluding carboxylic acids is 1. The summed E-state index contributed by atoms with van der Waals surface area (Å²) in [5, 5.41) is 12.0. The predicted octanol–water partition coefficient (Wildman–Crippen LogP) is 0.778. The number of aliphatic hydroxyl groups excluding tert-OH is 1. The van der Waals surface area contributed by atoms with E-state index < -0.39 is 0 Å². The first-order valence-electron chi connectivity index (χ1n) is 6.00. The number of amides is 1. The first-order valence-corrected chi connectivity index (χ1v) is 6.00. The summed E-state index contributed by atoms with van der Waals surface area (Å²) in [6.45, 7) is 0.587. The molecule has 5 nitrogen and oxygen atoms in total. The molecular weight excluding hydrogens is 232 g/mol. The van der Waals surface area contributed by atoms with E-state index in [0.717, 1.165) is 12.8 Å². The van der Waals surface area contributed by atoms with Crippen LogP contribution in [0, 0.1) is 5.92 Å². The van der Waals surface area contributed by atoms with Gasteiger partial charge < -0.3 is 20.9 Å². The van der Waals surface area contributed by atoms with E-state index in [1.807, 2.05) is 0 Å². The lowest BCUT2D eigenvalue weighted by Gasteiger charge is -2.31. The molecule has 1 aromatic carbocycles. The van der Waals surface area contributed by atoms with Crippen LogP contribution in [0.5, 0.6) is 5.75 Å². The fourth-order valence-corrected chi connectivity index (χ4v) is 2.09. The largest absolute Gasteiger partial charge is 0.496 e. The molecule has 0 spiro atoms. The second kappa shape index (κ2) is 5.27. The van der Waals surface area contributed by atoms with Gasteiger partial charge >= 0.3 is 0 Å². The number of benzene rings is 1. The fourth-order valence-electron chi connectivity index (χ4n) is 2.09. The smallest absolute Gasteiger partial charge is 0.255 e. The number of nitrogens with one attached hydrogen (secondary N) is 1. The first kappa shape index (κ1) is 12.7. The number of methoxy groups -OCH3 is 1. The Morgan fingerprint density at radius 1 is 1.56 bits per heavy atom. The third kappa shape index (κ3) is 2.73. The molecule has 1 amide bonds. The van der Waals surface area contributed by atoms with E-state index >= 15 is 0 Å². The summed E-state index contributed by atoms with van der Waals surface area (Å²) in [5.41, 5.74) is 6.67. The van der Waals surface area contributed by atoms with Crippen molar-refractivity contribution in [1.29, 1.82) is 0 Å². The fraction of sp³-hybridized carbons (Fsp3) is 0.462. The van der Waals surface area contributed by atoms with Crippen LogP contribution in [0.25, 0.3) is 0 Å². The van der Waals surface area contributed by atoms with Crippen LogP contribution in [0.4, 0.5) is 5.69 Å². The normalized spacial score (nSPS) is 22.1. The van der Waals surface area contributed by atoms with Crippen molar-refractivity contribution >= 4 is 11.6 Å². The van der Waals surface area contributed by atoms with Crippen LogP contribution in [0.3, 0.4) is 0 Å². The highest BCUT2D eigenvalue weighted by Crippen LogP contribution is 2.26. The number of carbonyl (C=O) groups is 1. The minimum Gasteiger partial charge on any atom is -0.496 e. The molecule has 5 heteroatoms. The number of nitrogens with two attached hydrogens (primary N) is 1. The third-order valence-electron chi connectivity index (χ3n) is 3.23. The van der Waals surface area contributed by atoms with Crippen LogP contribution in [-0.4, -0.2) is 30.8 Å². The average molecular weight is 250 g/mol. The quantitative estimate of drug-likeness (QED) is 0.689. The molecule has 0 aromatic heterocycles. The van der Waals surface area contributed by atoms with Crippen molar-refractivity contribution in [2.24, 2.45) is 5.92 Å². The summed E-state index contributed by atoms with van der Waals surface area (Å²) in [7, 11) is 1.51. The topological polar surface area (TPSA) is 84.6 Å². The van der Waals surface area contributed by atoms with Gasteiger partial charge in [-0.3, -0.25) is 4.79 Å². The van der Waals surface area contributed by atoms with Gasteiger partial charge in [-0.15, -0.1) is 0 Å². The predicted molar refractivity (Wildman–Crippen MR) is 68.5 cm³/mol. The van der Waals surface area contributed by atoms with Crippen LogP contribution >= 0.6 is 0 Å². The molecule has 0 heterocycles. The molecule has 0 saturated heterocycles. The number of rotatable bonds is 4. The number of aliphatic hydroxyl groups is 1. The molecule has 1 fully saturated rings. The van der Waals surface area contributed by atoms with Crippen molar-refractivity contribution in [2.75, 3.05) is 19.4 Å². The van der Waals surface area contributed by atoms with E-state index in [9.17, 15) is 4.79 Å². The second-order valence-electron chi connectivity index (χ2n) is 4.66. The average Bonchev–Trinajstić information content (AvgIpc) is 2.32. The first-order chi connectivity index (χ1) is 8.60. The van der Waals surface area contributed by atoms with Crippen molar-refractivity contribution in [1.82, 2.24) is 5.32 Å². The van der Waals surface area contributed by atoms with Gasteiger partial charge in [0, 0.05) is 18.3 Å². The van der Waals surface area contributed by atoms with Gasteiger partial charge in [0.2, 0.25) is 0 Å². The Hall–Kier alpha value is -1.75. The molecule has 1 aromatic rings. The van der Waals surface area contributed by atoms with Crippen molar-refractivity contribution in [2.45, 2.75) is 18.9 Å². The summed E-state index contributed by atoms with van der Waals surface area (Å²) in [6, 6.07) is 4.95. The van der Waals surface area contributed by atoms with Crippen molar-refractivity contribution < 1.29 is 14.6 Å². The highest BCUT2D eigenvalue weighted by molar-refractivity contribution is 5.97. The molecule has 0 bridgehead atoms. The lowest BCUT2D eigenvalue weighted by Crippen LogP contribution is -2.38. The lowest BCUT2D eigenvalue weighted by molar-refractivity contribution is 0.0420. The molecule has 1 aliphatic carbocycles. The molecule has 98 valence electrons.